The Morgan fingerprint density at radius 1 is 0.970 bits per heavy atom. The summed E-state index contributed by atoms with van der Waals surface area (Å²) >= 11 is 17.9. The molecule has 0 unspecified atom stereocenters. The molecular formula is C21H17Cl3N4O4S. The second-order valence-corrected chi connectivity index (χ2v) is 9.90. The quantitative estimate of drug-likeness (QED) is 0.425. The van der Waals surface area contributed by atoms with Gasteiger partial charge in [-0.1, -0.05) is 59.1 Å². The smallest absolute Gasteiger partial charge is 0.271 e. The van der Waals surface area contributed by atoms with E-state index < -0.39 is 26.7 Å². The van der Waals surface area contributed by atoms with Crippen molar-refractivity contribution in [3.05, 3.63) is 81.1 Å². The molecule has 2 N–H and O–H groups in total. The SMILES string of the molecule is O=C(CCNC(=O)c1nc(S(=O)(=O)Cc2ccccc2Cl)ncc1Cl)Nc1cccc(Cl)c1. The maximum absolute atomic E-state index is 12.7. The molecular weight excluding hydrogens is 511 g/mol. The average Bonchev–Trinajstić information content (AvgIpc) is 2.75. The van der Waals surface area contributed by atoms with Gasteiger partial charge in [0.05, 0.1) is 17.0 Å². The number of halogens is 3. The number of nitrogens with one attached hydrogen (secondary N) is 2. The summed E-state index contributed by atoms with van der Waals surface area (Å²) in [5, 5.41) is 5.20. The number of benzene rings is 2. The monoisotopic (exact) mass is 526 g/mol. The van der Waals surface area contributed by atoms with Crippen LogP contribution in [-0.2, 0) is 20.4 Å². The van der Waals surface area contributed by atoms with Gasteiger partial charge in [0.25, 0.3) is 5.91 Å². The van der Waals surface area contributed by atoms with E-state index in [-0.39, 0.29) is 34.6 Å². The third-order valence-corrected chi connectivity index (χ3v) is 6.59. The fourth-order valence-electron chi connectivity index (χ4n) is 2.71. The summed E-state index contributed by atoms with van der Waals surface area (Å²) in [5.74, 6) is -1.54. The molecule has 3 rings (SSSR count). The second kappa shape index (κ2) is 10.9. The van der Waals surface area contributed by atoms with Crippen LogP contribution in [0.4, 0.5) is 5.69 Å². The minimum absolute atomic E-state index is 0.0345. The van der Waals surface area contributed by atoms with E-state index in [9.17, 15) is 18.0 Å². The van der Waals surface area contributed by atoms with Gasteiger partial charge in [-0.05, 0) is 29.8 Å². The summed E-state index contributed by atoms with van der Waals surface area (Å²) < 4.78 is 25.4. The molecule has 8 nitrogen and oxygen atoms in total. The van der Waals surface area contributed by atoms with Crippen molar-refractivity contribution < 1.29 is 18.0 Å². The summed E-state index contributed by atoms with van der Waals surface area (Å²) in [6, 6.07) is 13.1. The standard InChI is InChI=1S/C21H17Cl3N4O4S/c22-14-5-3-6-15(10-14)27-18(29)8-9-25-20(30)19-17(24)11-26-21(28-19)33(31,32)12-13-4-1-2-7-16(13)23/h1-7,10-11H,8-9,12H2,(H,25,30)(H,27,29). The van der Waals surface area contributed by atoms with Crippen LogP contribution in [0.15, 0.2) is 59.9 Å². The van der Waals surface area contributed by atoms with Crippen molar-refractivity contribution in [1.82, 2.24) is 15.3 Å². The molecule has 2 aromatic carbocycles. The van der Waals surface area contributed by atoms with Crippen LogP contribution in [0.3, 0.4) is 0 Å². The number of amides is 2. The molecule has 0 aliphatic heterocycles. The average molecular weight is 528 g/mol. The highest BCUT2D eigenvalue weighted by molar-refractivity contribution is 7.90. The third kappa shape index (κ3) is 6.88. The molecule has 0 spiro atoms. The van der Waals surface area contributed by atoms with Gasteiger partial charge in [0.1, 0.15) is 0 Å². The normalized spacial score (nSPS) is 11.1. The van der Waals surface area contributed by atoms with E-state index in [0.29, 0.717) is 16.3 Å². The van der Waals surface area contributed by atoms with Crippen molar-refractivity contribution >= 4 is 62.1 Å². The number of carbonyl (C=O) groups is 2. The third-order valence-electron chi connectivity index (χ3n) is 4.26. The molecule has 172 valence electrons. The topological polar surface area (TPSA) is 118 Å². The molecule has 0 atom stereocenters. The van der Waals surface area contributed by atoms with Gasteiger partial charge in [-0.15, -0.1) is 0 Å². The van der Waals surface area contributed by atoms with Crippen molar-refractivity contribution in [3.63, 3.8) is 0 Å². The summed E-state index contributed by atoms with van der Waals surface area (Å²) in [7, 11) is -4.00. The van der Waals surface area contributed by atoms with Crippen LogP contribution in [0.5, 0.6) is 0 Å². The lowest BCUT2D eigenvalue weighted by Gasteiger charge is -2.09. The Kier molecular flexibility index (Phi) is 8.25. The molecule has 0 aliphatic carbocycles. The molecule has 0 bridgehead atoms. The van der Waals surface area contributed by atoms with Gasteiger partial charge >= 0.3 is 0 Å². The largest absolute Gasteiger partial charge is 0.350 e. The molecule has 0 saturated heterocycles. The molecule has 1 heterocycles. The van der Waals surface area contributed by atoms with Crippen molar-refractivity contribution in [2.24, 2.45) is 0 Å². The van der Waals surface area contributed by atoms with Crippen LogP contribution in [-0.4, -0.2) is 36.7 Å². The molecule has 0 fully saturated rings. The Bertz CT molecular complexity index is 1300. The number of hydrogen-bond donors (Lipinski definition) is 2. The first-order valence-electron chi connectivity index (χ1n) is 9.48. The lowest BCUT2D eigenvalue weighted by atomic mass is 10.2. The summed E-state index contributed by atoms with van der Waals surface area (Å²) in [5.41, 5.74) is 0.570. The molecule has 2 amide bonds. The minimum Gasteiger partial charge on any atom is -0.350 e. The summed E-state index contributed by atoms with van der Waals surface area (Å²) in [4.78, 5) is 32.1. The van der Waals surface area contributed by atoms with E-state index in [2.05, 4.69) is 20.6 Å². The van der Waals surface area contributed by atoms with Crippen molar-refractivity contribution in [2.75, 3.05) is 11.9 Å². The van der Waals surface area contributed by atoms with E-state index in [0.717, 1.165) is 6.20 Å². The lowest BCUT2D eigenvalue weighted by Crippen LogP contribution is -2.29. The van der Waals surface area contributed by atoms with Crippen molar-refractivity contribution in [3.8, 4) is 0 Å². The Morgan fingerprint density at radius 2 is 1.73 bits per heavy atom. The van der Waals surface area contributed by atoms with Gasteiger partial charge in [0.15, 0.2) is 5.69 Å². The zero-order valence-corrected chi connectivity index (χ0v) is 20.0. The predicted octanol–water partition coefficient (Wildman–Crippen LogP) is 4.17. The zero-order valence-electron chi connectivity index (χ0n) is 16.9. The first-order chi connectivity index (χ1) is 15.7. The number of nitrogens with zero attached hydrogens (tertiary/aromatic N) is 2. The highest BCUT2D eigenvalue weighted by Gasteiger charge is 2.24. The van der Waals surface area contributed by atoms with Crippen LogP contribution < -0.4 is 10.6 Å². The molecule has 33 heavy (non-hydrogen) atoms. The van der Waals surface area contributed by atoms with Gasteiger partial charge in [-0.2, -0.15) is 0 Å². The van der Waals surface area contributed by atoms with Crippen LogP contribution >= 0.6 is 34.8 Å². The first kappa shape index (κ1) is 24.9. The lowest BCUT2D eigenvalue weighted by molar-refractivity contribution is -0.116. The second-order valence-electron chi connectivity index (χ2n) is 6.76. The Morgan fingerprint density at radius 3 is 2.45 bits per heavy atom. The molecule has 0 aliphatic rings. The molecule has 0 radical (unpaired) electrons. The summed E-state index contributed by atoms with van der Waals surface area (Å²) in [6.07, 6.45) is 0.993. The van der Waals surface area contributed by atoms with Gasteiger partial charge in [0.2, 0.25) is 20.9 Å². The van der Waals surface area contributed by atoms with Crippen LogP contribution in [0.1, 0.15) is 22.5 Å². The van der Waals surface area contributed by atoms with Gasteiger partial charge in [0, 0.05) is 28.7 Å². The van der Waals surface area contributed by atoms with Crippen molar-refractivity contribution in [1.29, 1.82) is 0 Å². The number of anilines is 1. The van der Waals surface area contributed by atoms with Gasteiger partial charge < -0.3 is 10.6 Å². The molecule has 12 heteroatoms. The number of hydrogen-bond acceptors (Lipinski definition) is 6. The molecule has 3 aromatic rings. The van der Waals surface area contributed by atoms with E-state index in [4.69, 9.17) is 34.8 Å². The minimum atomic E-state index is -4.00. The van der Waals surface area contributed by atoms with E-state index in [1.54, 1.807) is 48.5 Å². The summed E-state index contributed by atoms with van der Waals surface area (Å²) in [6.45, 7) is -0.0345. The van der Waals surface area contributed by atoms with Gasteiger partial charge in [-0.3, -0.25) is 9.59 Å². The van der Waals surface area contributed by atoms with E-state index >= 15 is 0 Å². The maximum Gasteiger partial charge on any atom is 0.271 e. The van der Waals surface area contributed by atoms with Crippen LogP contribution in [0.25, 0.3) is 0 Å². The Hall–Kier alpha value is -2.72. The highest BCUT2D eigenvalue weighted by Crippen LogP contribution is 2.22. The zero-order chi connectivity index (χ0) is 24.0. The molecule has 0 saturated carbocycles. The first-order valence-corrected chi connectivity index (χ1v) is 12.3. The fraction of sp³-hybridized carbons (Fsp3) is 0.143. The fourth-order valence-corrected chi connectivity index (χ4v) is 4.59. The number of rotatable bonds is 8. The molecule has 1 aromatic heterocycles. The highest BCUT2D eigenvalue weighted by atomic mass is 35.5. The van der Waals surface area contributed by atoms with Gasteiger partial charge in [-0.25, -0.2) is 18.4 Å². The predicted molar refractivity (Wildman–Crippen MR) is 126 cm³/mol. The van der Waals surface area contributed by atoms with E-state index in [1.165, 1.54) is 0 Å². The number of carbonyl (C=O) groups excluding carboxylic acids is 2. The van der Waals surface area contributed by atoms with Crippen molar-refractivity contribution in [2.45, 2.75) is 17.3 Å². The van der Waals surface area contributed by atoms with Crippen LogP contribution in [0.2, 0.25) is 15.1 Å². The number of aromatic nitrogens is 2. The Labute approximate surface area is 205 Å². The Balaban J connectivity index is 1.64. The van der Waals surface area contributed by atoms with Crippen LogP contribution in [0, 0.1) is 0 Å². The van der Waals surface area contributed by atoms with E-state index in [1.807, 2.05) is 0 Å². The maximum atomic E-state index is 12.7. The number of sulfone groups is 1.